The van der Waals surface area contributed by atoms with E-state index in [2.05, 4.69) is 22.3 Å². The summed E-state index contributed by atoms with van der Waals surface area (Å²) in [6, 6.07) is 10.1. The minimum Gasteiger partial charge on any atom is -0.366 e. The zero-order valence-electron chi connectivity index (χ0n) is 13.2. The van der Waals surface area contributed by atoms with Crippen molar-refractivity contribution in [3.63, 3.8) is 0 Å². The van der Waals surface area contributed by atoms with Crippen LogP contribution in [0.25, 0.3) is 0 Å². The van der Waals surface area contributed by atoms with Crippen molar-refractivity contribution in [2.45, 2.75) is 24.4 Å². The number of ether oxygens (including phenoxy) is 1. The fraction of sp³-hybridized carbons (Fsp3) is 0.471. The number of benzene rings is 1. The summed E-state index contributed by atoms with van der Waals surface area (Å²) in [5.41, 5.74) is 0.815. The molecule has 1 saturated carbocycles. The second kappa shape index (κ2) is 5.45. The number of aromatic nitrogens is 3. The van der Waals surface area contributed by atoms with Crippen molar-refractivity contribution >= 4 is 5.91 Å². The van der Waals surface area contributed by atoms with Gasteiger partial charge in [0.15, 0.2) is 5.82 Å². The number of nitrogens with zero attached hydrogens (tertiary/aromatic N) is 4. The molecule has 6 nitrogen and oxygen atoms in total. The van der Waals surface area contributed by atoms with Gasteiger partial charge in [0.25, 0.3) is 0 Å². The molecule has 1 aromatic carbocycles. The van der Waals surface area contributed by atoms with Gasteiger partial charge in [0.2, 0.25) is 5.91 Å². The molecule has 0 radical (unpaired) electrons. The fourth-order valence-corrected chi connectivity index (χ4v) is 3.38. The quantitative estimate of drug-likeness (QED) is 0.860. The van der Waals surface area contributed by atoms with E-state index in [0.29, 0.717) is 19.7 Å². The number of rotatable bonds is 3. The molecule has 1 aliphatic carbocycles. The lowest BCUT2D eigenvalue weighted by molar-refractivity contribution is -0.142. The minimum atomic E-state index is -0.316. The van der Waals surface area contributed by atoms with Crippen LogP contribution < -0.4 is 0 Å². The summed E-state index contributed by atoms with van der Waals surface area (Å²) < 4.78 is 7.66. The Bertz CT molecular complexity index is 708. The largest absolute Gasteiger partial charge is 0.366 e. The number of amides is 1. The van der Waals surface area contributed by atoms with E-state index in [1.165, 1.54) is 0 Å². The summed E-state index contributed by atoms with van der Waals surface area (Å²) >= 11 is 0. The lowest BCUT2D eigenvalue weighted by Crippen LogP contribution is -2.47. The third kappa shape index (κ3) is 2.43. The first-order valence-corrected chi connectivity index (χ1v) is 8.01. The molecule has 1 saturated heterocycles. The van der Waals surface area contributed by atoms with Crippen LogP contribution in [0, 0.1) is 0 Å². The Balaban J connectivity index is 1.54. The molecule has 0 N–H and O–H groups in total. The number of hydrogen-bond acceptors (Lipinski definition) is 4. The predicted octanol–water partition coefficient (Wildman–Crippen LogP) is 1.45. The van der Waals surface area contributed by atoms with Crippen LogP contribution in [0.3, 0.4) is 0 Å². The highest BCUT2D eigenvalue weighted by atomic mass is 16.5. The molecule has 4 rings (SSSR count). The monoisotopic (exact) mass is 312 g/mol. The van der Waals surface area contributed by atoms with Crippen LogP contribution in [-0.4, -0.2) is 45.3 Å². The first-order valence-electron chi connectivity index (χ1n) is 8.01. The zero-order chi connectivity index (χ0) is 15.9. The molecule has 0 spiro atoms. The second-order valence-electron chi connectivity index (χ2n) is 6.36. The second-order valence-corrected chi connectivity index (χ2v) is 6.36. The summed E-state index contributed by atoms with van der Waals surface area (Å²) in [6.45, 7) is 1.72. The van der Waals surface area contributed by atoms with Gasteiger partial charge >= 0.3 is 0 Å². The van der Waals surface area contributed by atoms with Gasteiger partial charge in [-0.2, -0.15) is 0 Å². The first-order chi connectivity index (χ1) is 11.2. The Hall–Kier alpha value is -2.21. The van der Waals surface area contributed by atoms with Crippen LogP contribution in [-0.2, 0) is 22.0 Å². The third-order valence-corrected chi connectivity index (χ3v) is 4.87. The van der Waals surface area contributed by atoms with Gasteiger partial charge < -0.3 is 14.2 Å². The van der Waals surface area contributed by atoms with Crippen molar-refractivity contribution < 1.29 is 9.53 Å². The molecule has 2 aromatic rings. The summed E-state index contributed by atoms with van der Waals surface area (Å²) in [4.78, 5) is 15.0. The van der Waals surface area contributed by atoms with Crippen LogP contribution in [0.1, 0.15) is 30.3 Å². The fourth-order valence-electron chi connectivity index (χ4n) is 3.38. The van der Waals surface area contributed by atoms with E-state index in [9.17, 15) is 4.79 Å². The van der Waals surface area contributed by atoms with E-state index in [0.717, 1.165) is 24.2 Å². The number of aryl methyl sites for hydroxylation is 1. The maximum absolute atomic E-state index is 13.1. The van der Waals surface area contributed by atoms with E-state index in [-0.39, 0.29) is 17.4 Å². The number of carbonyl (C=O) groups is 1. The van der Waals surface area contributed by atoms with Gasteiger partial charge in [0.1, 0.15) is 12.4 Å². The highest BCUT2D eigenvalue weighted by Crippen LogP contribution is 2.49. The Kier molecular flexibility index (Phi) is 3.41. The normalized spacial score (nSPS) is 22.8. The van der Waals surface area contributed by atoms with Crippen LogP contribution in [0.2, 0.25) is 0 Å². The smallest absolute Gasteiger partial charge is 0.233 e. The van der Waals surface area contributed by atoms with Gasteiger partial charge in [-0.3, -0.25) is 4.79 Å². The number of hydrogen-bond donors (Lipinski definition) is 0. The van der Waals surface area contributed by atoms with Crippen LogP contribution in [0.5, 0.6) is 0 Å². The maximum Gasteiger partial charge on any atom is 0.233 e. The topological polar surface area (TPSA) is 60.2 Å². The molecule has 1 aromatic heterocycles. The van der Waals surface area contributed by atoms with Gasteiger partial charge in [0, 0.05) is 13.6 Å². The zero-order valence-corrected chi connectivity index (χ0v) is 13.2. The Morgan fingerprint density at radius 3 is 2.74 bits per heavy atom. The van der Waals surface area contributed by atoms with Crippen molar-refractivity contribution in [2.24, 2.45) is 7.05 Å². The van der Waals surface area contributed by atoms with Crippen LogP contribution >= 0.6 is 0 Å². The first kappa shape index (κ1) is 14.4. The lowest BCUT2D eigenvalue weighted by atomic mass is 9.94. The molecule has 2 fully saturated rings. The van der Waals surface area contributed by atoms with Gasteiger partial charge in [-0.25, -0.2) is 0 Å². The van der Waals surface area contributed by atoms with Gasteiger partial charge in [0.05, 0.1) is 18.6 Å². The van der Waals surface area contributed by atoms with Crippen molar-refractivity contribution in [1.82, 2.24) is 19.7 Å². The van der Waals surface area contributed by atoms with Crippen molar-refractivity contribution in [3.05, 3.63) is 48.0 Å². The summed E-state index contributed by atoms with van der Waals surface area (Å²) in [5, 5.41) is 8.02. The molecule has 1 aliphatic heterocycles. The molecule has 1 amide bonds. The molecule has 2 aliphatic rings. The van der Waals surface area contributed by atoms with E-state index < -0.39 is 0 Å². The lowest BCUT2D eigenvalue weighted by Gasteiger charge is -2.34. The molecular weight excluding hydrogens is 292 g/mol. The van der Waals surface area contributed by atoms with Crippen molar-refractivity contribution in [1.29, 1.82) is 0 Å². The predicted molar refractivity (Wildman–Crippen MR) is 83.6 cm³/mol. The molecule has 1 atom stereocenters. The molecule has 2 heterocycles. The van der Waals surface area contributed by atoms with Crippen LogP contribution in [0.15, 0.2) is 36.7 Å². The van der Waals surface area contributed by atoms with Crippen LogP contribution in [0.4, 0.5) is 0 Å². The van der Waals surface area contributed by atoms with Gasteiger partial charge in [-0.1, -0.05) is 30.3 Å². The molecule has 0 unspecified atom stereocenters. The number of morpholine rings is 1. The standard InChI is InChI=1S/C17H20N4O2/c1-20-12-18-19-15(20)14-11-21(9-10-23-14)16(22)17(7-8-17)13-5-3-2-4-6-13/h2-6,12,14H,7-11H2,1H3/t14-/m1/s1. The average molecular weight is 312 g/mol. The SMILES string of the molecule is Cn1cnnc1[C@H]1CN(C(=O)C2(c3ccccc3)CC2)CCO1. The molecule has 23 heavy (non-hydrogen) atoms. The van der Waals surface area contributed by atoms with E-state index in [4.69, 9.17) is 4.74 Å². The summed E-state index contributed by atoms with van der Waals surface area (Å²) in [5.74, 6) is 0.992. The van der Waals surface area contributed by atoms with Gasteiger partial charge in [-0.15, -0.1) is 10.2 Å². The Morgan fingerprint density at radius 2 is 2.09 bits per heavy atom. The van der Waals surface area contributed by atoms with E-state index >= 15 is 0 Å². The Labute approximate surface area is 135 Å². The average Bonchev–Trinajstić information content (AvgIpc) is 3.31. The van der Waals surface area contributed by atoms with Crippen molar-refractivity contribution in [2.75, 3.05) is 19.7 Å². The maximum atomic E-state index is 13.1. The molecule has 120 valence electrons. The molecule has 0 bridgehead atoms. The van der Waals surface area contributed by atoms with E-state index in [1.54, 1.807) is 6.33 Å². The van der Waals surface area contributed by atoms with Gasteiger partial charge in [-0.05, 0) is 18.4 Å². The van der Waals surface area contributed by atoms with Crippen molar-refractivity contribution in [3.8, 4) is 0 Å². The third-order valence-electron chi connectivity index (χ3n) is 4.87. The molecular formula is C17H20N4O2. The Morgan fingerprint density at radius 1 is 1.30 bits per heavy atom. The highest BCUT2D eigenvalue weighted by Gasteiger charge is 2.53. The minimum absolute atomic E-state index is 0.202. The molecule has 6 heteroatoms. The number of carbonyl (C=O) groups excluding carboxylic acids is 1. The highest BCUT2D eigenvalue weighted by molar-refractivity contribution is 5.91. The summed E-state index contributed by atoms with van der Waals surface area (Å²) in [7, 11) is 1.89. The summed E-state index contributed by atoms with van der Waals surface area (Å²) in [6.07, 6.45) is 3.32. The van der Waals surface area contributed by atoms with E-state index in [1.807, 2.05) is 34.7 Å².